The summed E-state index contributed by atoms with van der Waals surface area (Å²) in [5.41, 5.74) is 0. The first kappa shape index (κ1) is 81.1. The molecule has 17 nitrogen and oxygen atoms in total. The molecule has 6 atom stereocenters. The van der Waals surface area contributed by atoms with Gasteiger partial charge in [0.15, 0.2) is 12.2 Å². The zero-order valence-electron chi connectivity index (χ0n) is 53.8. The van der Waals surface area contributed by atoms with Crippen LogP contribution in [0.15, 0.2) is 0 Å². The van der Waals surface area contributed by atoms with Gasteiger partial charge in [-0.15, -0.1) is 0 Å². The average molecular weight is 1230 g/mol. The van der Waals surface area contributed by atoms with E-state index >= 15 is 0 Å². The number of carbonyl (C=O) groups is 4. The number of aliphatic hydroxyl groups is 1. The van der Waals surface area contributed by atoms with Gasteiger partial charge in [-0.1, -0.05) is 254 Å². The molecule has 0 fully saturated rings. The van der Waals surface area contributed by atoms with Crippen LogP contribution in [0.1, 0.15) is 306 Å². The van der Waals surface area contributed by atoms with Gasteiger partial charge >= 0.3 is 39.5 Å². The Kier molecular flexibility index (Phi) is 53.0. The number of phosphoric ester groups is 2. The molecule has 0 aromatic carbocycles. The molecular formula is C64H124O17P2. The van der Waals surface area contributed by atoms with Crippen LogP contribution in [0, 0.1) is 23.7 Å². The van der Waals surface area contributed by atoms with Crippen molar-refractivity contribution in [3.05, 3.63) is 0 Å². The number of ether oxygens (including phenoxy) is 4. The van der Waals surface area contributed by atoms with Crippen molar-refractivity contribution in [3.63, 3.8) is 0 Å². The van der Waals surface area contributed by atoms with Crippen molar-refractivity contribution in [2.24, 2.45) is 23.7 Å². The molecule has 0 aliphatic rings. The third-order valence-corrected chi connectivity index (χ3v) is 16.8. The van der Waals surface area contributed by atoms with Crippen molar-refractivity contribution < 1.29 is 80.2 Å². The predicted molar refractivity (Wildman–Crippen MR) is 331 cm³/mol. The molecule has 0 spiro atoms. The quantitative estimate of drug-likeness (QED) is 0.0222. The van der Waals surface area contributed by atoms with E-state index in [9.17, 15) is 43.2 Å². The summed E-state index contributed by atoms with van der Waals surface area (Å²) in [5.74, 6) is 0.712. The van der Waals surface area contributed by atoms with Gasteiger partial charge in [0, 0.05) is 25.7 Å². The highest BCUT2D eigenvalue weighted by atomic mass is 31.2. The molecule has 492 valence electrons. The molecule has 3 unspecified atom stereocenters. The average Bonchev–Trinajstić information content (AvgIpc) is 3.45. The molecule has 0 aromatic rings. The zero-order chi connectivity index (χ0) is 61.8. The molecule has 0 amide bonds. The minimum atomic E-state index is -4.95. The molecule has 0 aromatic heterocycles. The maximum absolute atomic E-state index is 13.0. The Balaban J connectivity index is 5.23. The number of esters is 4. The van der Waals surface area contributed by atoms with E-state index in [0.29, 0.717) is 37.5 Å². The number of rotatable bonds is 61. The van der Waals surface area contributed by atoms with E-state index in [-0.39, 0.29) is 25.7 Å². The van der Waals surface area contributed by atoms with Crippen molar-refractivity contribution in [2.75, 3.05) is 39.6 Å². The molecule has 0 heterocycles. The molecule has 0 rings (SSSR count). The van der Waals surface area contributed by atoms with Crippen molar-refractivity contribution in [3.8, 4) is 0 Å². The molecule has 0 bridgehead atoms. The molecule has 0 saturated carbocycles. The van der Waals surface area contributed by atoms with E-state index in [4.69, 9.17) is 37.0 Å². The first-order chi connectivity index (χ1) is 39.6. The van der Waals surface area contributed by atoms with E-state index in [2.05, 4.69) is 55.4 Å². The third-order valence-electron chi connectivity index (χ3n) is 14.9. The van der Waals surface area contributed by atoms with Crippen LogP contribution in [-0.2, 0) is 65.4 Å². The van der Waals surface area contributed by atoms with Gasteiger partial charge in [0.05, 0.1) is 26.4 Å². The van der Waals surface area contributed by atoms with Gasteiger partial charge in [0.1, 0.15) is 19.3 Å². The molecular weight excluding hydrogens is 1100 g/mol. The van der Waals surface area contributed by atoms with Crippen molar-refractivity contribution in [1.82, 2.24) is 0 Å². The number of aliphatic hydroxyl groups excluding tert-OH is 1. The summed E-state index contributed by atoms with van der Waals surface area (Å²) < 4.78 is 67.9. The molecule has 0 saturated heterocycles. The van der Waals surface area contributed by atoms with Crippen LogP contribution >= 0.6 is 15.6 Å². The highest BCUT2D eigenvalue weighted by Gasteiger charge is 2.30. The number of unbranched alkanes of at least 4 members (excludes halogenated alkanes) is 26. The topological polar surface area (TPSA) is 237 Å². The lowest BCUT2D eigenvalue weighted by molar-refractivity contribution is -0.161. The number of hydrogen-bond donors (Lipinski definition) is 3. The molecule has 3 N–H and O–H groups in total. The minimum Gasteiger partial charge on any atom is -0.462 e. The fraction of sp³-hybridized carbons (Fsp3) is 0.938. The van der Waals surface area contributed by atoms with E-state index in [1.165, 1.54) is 96.3 Å². The Labute approximate surface area is 505 Å². The number of carbonyl (C=O) groups excluding carboxylic acids is 4. The second kappa shape index (κ2) is 54.2. The zero-order valence-corrected chi connectivity index (χ0v) is 55.6. The number of hydrogen-bond acceptors (Lipinski definition) is 15. The smallest absolute Gasteiger partial charge is 0.462 e. The Morgan fingerprint density at radius 3 is 0.855 bits per heavy atom. The van der Waals surface area contributed by atoms with Crippen LogP contribution in [0.3, 0.4) is 0 Å². The summed E-state index contributed by atoms with van der Waals surface area (Å²) >= 11 is 0. The first-order valence-corrected chi connectivity index (χ1v) is 36.2. The second-order valence-electron chi connectivity index (χ2n) is 24.8. The van der Waals surface area contributed by atoms with Crippen molar-refractivity contribution in [1.29, 1.82) is 0 Å². The largest absolute Gasteiger partial charge is 0.472 e. The lowest BCUT2D eigenvalue weighted by Crippen LogP contribution is -2.30. The predicted octanol–water partition coefficient (Wildman–Crippen LogP) is 17.4. The second-order valence-corrected chi connectivity index (χ2v) is 27.7. The highest BCUT2D eigenvalue weighted by molar-refractivity contribution is 7.47. The SMILES string of the molecule is CCC(C)CCCCCCCCC(=O)OC[C@H](COP(=O)(O)OC[C@H](O)COP(=O)(O)OC[C@@H](COC(=O)CCCCCCCCC(C)C)OC(=O)CCCCCCCCCCCCCCC(C)C)OC(=O)CCCCCCCCC(C)C. The van der Waals surface area contributed by atoms with Crippen LogP contribution in [0.4, 0.5) is 0 Å². The van der Waals surface area contributed by atoms with Crippen LogP contribution in [0.25, 0.3) is 0 Å². The summed E-state index contributed by atoms with van der Waals surface area (Å²) in [6, 6.07) is 0. The van der Waals surface area contributed by atoms with Crippen LogP contribution < -0.4 is 0 Å². The number of phosphoric acid groups is 2. The van der Waals surface area contributed by atoms with Crippen molar-refractivity contribution >= 4 is 39.5 Å². The van der Waals surface area contributed by atoms with Gasteiger partial charge in [-0.2, -0.15) is 0 Å². The monoisotopic (exact) mass is 1230 g/mol. The summed E-state index contributed by atoms with van der Waals surface area (Å²) in [6.45, 7) is 13.9. The van der Waals surface area contributed by atoms with Crippen LogP contribution in [-0.4, -0.2) is 96.7 Å². The fourth-order valence-electron chi connectivity index (χ4n) is 9.40. The Morgan fingerprint density at radius 1 is 0.337 bits per heavy atom. The molecule has 19 heteroatoms. The van der Waals surface area contributed by atoms with E-state index < -0.39 is 97.5 Å². The van der Waals surface area contributed by atoms with Gasteiger partial charge < -0.3 is 33.8 Å². The fourth-order valence-corrected chi connectivity index (χ4v) is 11.0. The normalized spacial score (nSPS) is 14.8. The lowest BCUT2D eigenvalue weighted by atomic mass is 10.00. The van der Waals surface area contributed by atoms with Crippen LogP contribution in [0.2, 0.25) is 0 Å². The van der Waals surface area contributed by atoms with Gasteiger partial charge in [0.25, 0.3) is 0 Å². The first-order valence-electron chi connectivity index (χ1n) is 33.2. The van der Waals surface area contributed by atoms with E-state index in [1.54, 1.807) is 0 Å². The van der Waals surface area contributed by atoms with Gasteiger partial charge in [-0.3, -0.25) is 37.3 Å². The highest BCUT2D eigenvalue weighted by Crippen LogP contribution is 2.45. The summed E-state index contributed by atoms with van der Waals surface area (Å²) in [6.07, 6.45) is 33.8. The van der Waals surface area contributed by atoms with Gasteiger partial charge in [-0.25, -0.2) is 9.13 Å². The standard InChI is InChI=1S/C64H124O17P2/c1-9-57(8)43-35-27-20-23-29-37-45-62(67)75-51-60(81-64(69)47-39-31-22-19-26-34-42-56(6)7)53-79-83(72,73)77-49-58(65)48-76-82(70,71)78-52-59(50-74-61(66)44-36-28-21-18-25-33-41-55(4)5)80-63(68)46-38-30-17-15-13-11-10-12-14-16-24-32-40-54(2)3/h54-60,65H,9-53H2,1-8H3,(H,70,71)(H,72,73)/t57?,58-,59-,60-/m1/s1. The molecule has 0 aliphatic heterocycles. The minimum absolute atomic E-state index is 0.100. The van der Waals surface area contributed by atoms with Crippen LogP contribution in [0.5, 0.6) is 0 Å². The summed E-state index contributed by atoms with van der Waals surface area (Å²) in [4.78, 5) is 72.1. The van der Waals surface area contributed by atoms with E-state index in [1.807, 2.05) is 0 Å². The maximum atomic E-state index is 13.0. The summed E-state index contributed by atoms with van der Waals surface area (Å²) in [5, 5.41) is 10.5. The third kappa shape index (κ3) is 57.6. The Bertz CT molecular complexity index is 1660. The molecule has 83 heavy (non-hydrogen) atoms. The molecule has 0 aliphatic carbocycles. The van der Waals surface area contributed by atoms with Gasteiger partial charge in [0.2, 0.25) is 0 Å². The van der Waals surface area contributed by atoms with Gasteiger partial charge in [-0.05, 0) is 49.4 Å². The lowest BCUT2D eigenvalue weighted by Gasteiger charge is -2.21. The van der Waals surface area contributed by atoms with E-state index in [0.717, 1.165) is 115 Å². The Morgan fingerprint density at radius 2 is 0.578 bits per heavy atom. The van der Waals surface area contributed by atoms with Crippen molar-refractivity contribution in [2.45, 2.75) is 324 Å². The Hall–Kier alpha value is -1.94. The maximum Gasteiger partial charge on any atom is 0.472 e. The molecule has 0 radical (unpaired) electrons. The summed E-state index contributed by atoms with van der Waals surface area (Å²) in [7, 11) is -9.89.